The lowest BCUT2D eigenvalue weighted by atomic mass is 10.1. The molecule has 54 valence electrons. The van der Waals surface area contributed by atoms with Crippen LogP contribution in [0.1, 0.15) is 25.7 Å². The highest BCUT2D eigenvalue weighted by Crippen LogP contribution is 2.30. The summed E-state index contributed by atoms with van der Waals surface area (Å²) in [6, 6.07) is 0. The molecule has 0 spiro atoms. The Balaban J connectivity index is 2.14. The molecule has 0 aromatic carbocycles. The zero-order valence-corrected chi connectivity index (χ0v) is 6.48. The van der Waals surface area contributed by atoms with Gasteiger partial charge >= 0.3 is 0 Å². The maximum absolute atomic E-state index is 8.59. The Bertz CT molecular complexity index is 83.0. The predicted octanol–water partition coefficient (Wildman–Crippen LogP) is 1.47. The van der Waals surface area contributed by atoms with Gasteiger partial charge in [-0.25, -0.2) is 0 Å². The van der Waals surface area contributed by atoms with E-state index in [0.29, 0.717) is 11.9 Å². The quantitative estimate of drug-likeness (QED) is 0.565. The molecule has 0 saturated heterocycles. The van der Waals surface area contributed by atoms with Gasteiger partial charge in [0.05, 0.1) is 0 Å². The van der Waals surface area contributed by atoms with Crippen LogP contribution in [0.2, 0.25) is 0 Å². The average molecular weight is 146 g/mol. The number of aliphatic hydroxyl groups is 1. The van der Waals surface area contributed by atoms with Crippen molar-refractivity contribution in [2.24, 2.45) is 5.92 Å². The fourth-order valence-corrected chi connectivity index (χ4v) is 1.94. The minimum atomic E-state index is 0.352. The number of aliphatic hydroxyl groups excluding tert-OH is 1. The van der Waals surface area contributed by atoms with Crippen LogP contribution in [0.15, 0.2) is 0 Å². The van der Waals surface area contributed by atoms with E-state index in [9.17, 15) is 0 Å². The molecule has 0 aromatic heterocycles. The van der Waals surface area contributed by atoms with Crippen LogP contribution in [0, 0.1) is 5.92 Å². The lowest BCUT2D eigenvalue weighted by molar-refractivity contribution is 0.258. The summed E-state index contributed by atoms with van der Waals surface area (Å²) < 4.78 is 0. The van der Waals surface area contributed by atoms with Crippen molar-refractivity contribution in [2.45, 2.75) is 30.9 Å². The van der Waals surface area contributed by atoms with Gasteiger partial charge < -0.3 is 5.11 Å². The van der Waals surface area contributed by atoms with E-state index in [-0.39, 0.29) is 0 Å². The molecule has 2 heteroatoms. The fraction of sp³-hybridized carbons (Fsp3) is 1.00. The normalized spacial score (nSPS) is 35.3. The van der Waals surface area contributed by atoms with Crippen LogP contribution in [0.4, 0.5) is 0 Å². The van der Waals surface area contributed by atoms with Crippen LogP contribution in [0.25, 0.3) is 0 Å². The molecular weight excluding hydrogens is 132 g/mol. The molecule has 0 aromatic rings. The molecule has 9 heavy (non-hydrogen) atoms. The highest BCUT2D eigenvalue weighted by atomic mass is 32.1. The van der Waals surface area contributed by atoms with Crippen LogP contribution >= 0.6 is 12.6 Å². The van der Waals surface area contributed by atoms with Gasteiger partial charge in [-0.05, 0) is 31.6 Å². The summed E-state index contributed by atoms with van der Waals surface area (Å²) in [5, 5.41) is 9.20. The van der Waals surface area contributed by atoms with Gasteiger partial charge in [-0.2, -0.15) is 12.6 Å². The third-order valence-electron chi connectivity index (χ3n) is 2.05. The van der Waals surface area contributed by atoms with E-state index in [1.54, 1.807) is 0 Å². The first-order valence-corrected chi connectivity index (χ1v) is 4.13. The number of thiol groups is 1. The molecule has 0 aliphatic heterocycles. The van der Waals surface area contributed by atoms with Crippen molar-refractivity contribution in [3.8, 4) is 0 Å². The molecule has 1 aliphatic rings. The SMILES string of the molecule is OCCC1CCC(S)C1. The Morgan fingerprint density at radius 2 is 2.22 bits per heavy atom. The maximum Gasteiger partial charge on any atom is 0.0433 e. The molecule has 0 amide bonds. The van der Waals surface area contributed by atoms with E-state index in [1.165, 1.54) is 19.3 Å². The second-order valence-electron chi connectivity index (χ2n) is 2.85. The second-order valence-corrected chi connectivity index (χ2v) is 3.58. The molecule has 2 atom stereocenters. The fourth-order valence-electron chi connectivity index (χ4n) is 1.49. The standard InChI is InChI=1S/C7H14OS/c8-4-3-6-1-2-7(9)5-6/h6-9H,1-5H2. The minimum Gasteiger partial charge on any atom is -0.396 e. The van der Waals surface area contributed by atoms with E-state index < -0.39 is 0 Å². The zero-order valence-electron chi connectivity index (χ0n) is 5.58. The predicted molar refractivity (Wildman–Crippen MR) is 41.8 cm³/mol. The molecule has 1 rings (SSSR count). The van der Waals surface area contributed by atoms with Gasteiger partial charge in [0.15, 0.2) is 0 Å². The van der Waals surface area contributed by atoms with Crippen LogP contribution in [-0.4, -0.2) is 17.0 Å². The summed E-state index contributed by atoms with van der Waals surface area (Å²) in [6.07, 6.45) is 4.71. The minimum absolute atomic E-state index is 0.352. The van der Waals surface area contributed by atoms with E-state index in [1.807, 2.05) is 0 Å². The van der Waals surface area contributed by atoms with Gasteiger partial charge in [0.1, 0.15) is 0 Å². The van der Waals surface area contributed by atoms with Crippen molar-refractivity contribution < 1.29 is 5.11 Å². The van der Waals surface area contributed by atoms with Gasteiger partial charge in [-0.1, -0.05) is 0 Å². The van der Waals surface area contributed by atoms with Crippen molar-refractivity contribution in [3.63, 3.8) is 0 Å². The molecular formula is C7H14OS. The van der Waals surface area contributed by atoms with Gasteiger partial charge in [-0.3, -0.25) is 0 Å². The van der Waals surface area contributed by atoms with Crippen LogP contribution in [0.5, 0.6) is 0 Å². The third kappa shape index (κ3) is 2.18. The smallest absolute Gasteiger partial charge is 0.0433 e. The highest BCUT2D eigenvalue weighted by molar-refractivity contribution is 7.80. The summed E-state index contributed by atoms with van der Waals surface area (Å²) >= 11 is 4.36. The Morgan fingerprint density at radius 3 is 2.67 bits per heavy atom. The van der Waals surface area contributed by atoms with Crippen LogP contribution < -0.4 is 0 Å². The summed E-state index contributed by atoms with van der Waals surface area (Å²) in [4.78, 5) is 0. The lowest BCUT2D eigenvalue weighted by Crippen LogP contribution is -1.97. The van der Waals surface area contributed by atoms with E-state index in [2.05, 4.69) is 12.6 Å². The van der Waals surface area contributed by atoms with Gasteiger partial charge in [-0.15, -0.1) is 0 Å². The number of hydrogen-bond acceptors (Lipinski definition) is 2. The highest BCUT2D eigenvalue weighted by Gasteiger charge is 2.20. The molecule has 0 heterocycles. The summed E-state index contributed by atoms with van der Waals surface area (Å²) in [5.41, 5.74) is 0. The number of rotatable bonds is 2. The van der Waals surface area contributed by atoms with Gasteiger partial charge in [0, 0.05) is 11.9 Å². The molecule has 1 N–H and O–H groups in total. The summed E-state index contributed by atoms with van der Waals surface area (Å²) in [6.45, 7) is 0.352. The van der Waals surface area contributed by atoms with E-state index >= 15 is 0 Å². The summed E-state index contributed by atoms with van der Waals surface area (Å²) in [7, 11) is 0. The average Bonchev–Trinajstić information content (AvgIpc) is 2.17. The molecule has 0 bridgehead atoms. The van der Waals surface area contributed by atoms with Crippen LogP contribution in [0.3, 0.4) is 0 Å². The molecule has 1 nitrogen and oxygen atoms in total. The lowest BCUT2D eigenvalue weighted by Gasteiger charge is -2.04. The molecule has 1 fully saturated rings. The van der Waals surface area contributed by atoms with Gasteiger partial charge in [0.2, 0.25) is 0 Å². The van der Waals surface area contributed by atoms with Crippen molar-refractivity contribution in [3.05, 3.63) is 0 Å². The van der Waals surface area contributed by atoms with Crippen molar-refractivity contribution in [2.75, 3.05) is 6.61 Å². The Labute approximate surface area is 61.9 Å². The first-order chi connectivity index (χ1) is 4.33. The first-order valence-electron chi connectivity index (χ1n) is 3.62. The zero-order chi connectivity index (χ0) is 6.69. The monoisotopic (exact) mass is 146 g/mol. The summed E-state index contributed by atoms with van der Waals surface area (Å²) in [5.74, 6) is 0.762. The van der Waals surface area contributed by atoms with E-state index in [0.717, 1.165) is 12.3 Å². The Morgan fingerprint density at radius 1 is 1.44 bits per heavy atom. The Hall–Kier alpha value is 0.310. The molecule has 1 saturated carbocycles. The third-order valence-corrected chi connectivity index (χ3v) is 2.52. The van der Waals surface area contributed by atoms with E-state index in [4.69, 9.17) is 5.11 Å². The Kier molecular flexibility index (Phi) is 2.86. The van der Waals surface area contributed by atoms with Gasteiger partial charge in [0.25, 0.3) is 0 Å². The van der Waals surface area contributed by atoms with Crippen molar-refractivity contribution >= 4 is 12.6 Å². The molecule has 0 radical (unpaired) electrons. The molecule has 2 unspecified atom stereocenters. The largest absolute Gasteiger partial charge is 0.396 e. The van der Waals surface area contributed by atoms with Crippen molar-refractivity contribution in [1.29, 1.82) is 0 Å². The molecule has 1 aliphatic carbocycles. The topological polar surface area (TPSA) is 20.2 Å². The number of hydrogen-bond donors (Lipinski definition) is 2. The first kappa shape index (κ1) is 7.42. The second kappa shape index (κ2) is 3.47. The van der Waals surface area contributed by atoms with Crippen molar-refractivity contribution in [1.82, 2.24) is 0 Å². The van der Waals surface area contributed by atoms with Crippen LogP contribution in [-0.2, 0) is 0 Å². The maximum atomic E-state index is 8.59.